The molecule has 0 aromatic heterocycles. The van der Waals surface area contributed by atoms with Gasteiger partial charge in [-0.25, -0.2) is 0 Å². The zero-order valence-electron chi connectivity index (χ0n) is 26.3. The van der Waals surface area contributed by atoms with E-state index in [-0.39, 0.29) is 24.7 Å². The molecule has 0 amide bonds. The van der Waals surface area contributed by atoms with E-state index in [1.54, 1.807) is 6.08 Å². The van der Waals surface area contributed by atoms with Crippen molar-refractivity contribution in [1.29, 1.82) is 0 Å². The predicted molar refractivity (Wildman–Crippen MR) is 173 cm³/mol. The lowest BCUT2D eigenvalue weighted by Gasteiger charge is -2.51. The fraction of sp³-hybridized carbons (Fsp3) is 0.444. The second kappa shape index (κ2) is 14.9. The summed E-state index contributed by atoms with van der Waals surface area (Å²) >= 11 is 0. The Morgan fingerprint density at radius 1 is 0.767 bits per heavy atom. The van der Waals surface area contributed by atoms with Crippen molar-refractivity contribution < 1.29 is 28.5 Å². The zero-order valence-corrected chi connectivity index (χ0v) is 27.3. The Kier molecular flexibility index (Phi) is 11.5. The maximum atomic E-state index is 12.1. The minimum Gasteiger partial charge on any atom is -0.414 e. The molecular formula is C36H48O6Si. The largest absolute Gasteiger partial charge is 0.414 e. The van der Waals surface area contributed by atoms with E-state index in [9.17, 15) is 5.11 Å². The summed E-state index contributed by atoms with van der Waals surface area (Å²) in [5, 5.41) is 12.1. The summed E-state index contributed by atoms with van der Waals surface area (Å²) in [6.07, 6.45) is -0.915. The van der Waals surface area contributed by atoms with Gasteiger partial charge in [0.25, 0.3) is 0 Å². The second-order valence-corrected chi connectivity index (χ2v) is 17.6. The second-order valence-electron chi connectivity index (χ2n) is 12.8. The van der Waals surface area contributed by atoms with E-state index >= 15 is 0 Å². The van der Waals surface area contributed by atoms with E-state index in [1.807, 2.05) is 91.0 Å². The first-order chi connectivity index (χ1) is 20.5. The molecule has 3 aromatic rings. The average molecular weight is 605 g/mol. The van der Waals surface area contributed by atoms with Gasteiger partial charge in [-0.15, -0.1) is 6.58 Å². The Bertz CT molecular complexity index is 1250. The van der Waals surface area contributed by atoms with Gasteiger partial charge in [-0.3, -0.25) is 0 Å². The van der Waals surface area contributed by atoms with Gasteiger partial charge in [0.15, 0.2) is 14.1 Å². The fourth-order valence-corrected chi connectivity index (χ4v) is 5.96. The lowest BCUT2D eigenvalue weighted by atomic mass is 9.89. The highest BCUT2D eigenvalue weighted by Crippen LogP contribution is 2.40. The fourth-order valence-electron chi connectivity index (χ4n) is 4.95. The molecule has 1 aliphatic heterocycles. The normalized spacial score (nSPS) is 24.5. The van der Waals surface area contributed by atoms with Crippen molar-refractivity contribution >= 4 is 8.32 Å². The Balaban J connectivity index is 1.70. The van der Waals surface area contributed by atoms with Crippen molar-refractivity contribution in [3.05, 3.63) is 120 Å². The van der Waals surface area contributed by atoms with E-state index in [0.29, 0.717) is 13.2 Å². The molecule has 232 valence electrons. The number of hydrogen-bond acceptors (Lipinski definition) is 6. The number of ether oxygens (including phenoxy) is 4. The van der Waals surface area contributed by atoms with Crippen LogP contribution in [0.25, 0.3) is 0 Å². The molecule has 1 saturated heterocycles. The van der Waals surface area contributed by atoms with Gasteiger partial charge in [0.1, 0.15) is 24.4 Å². The van der Waals surface area contributed by atoms with Crippen molar-refractivity contribution in [3.63, 3.8) is 0 Å². The molecule has 0 saturated carbocycles. The Hall–Kier alpha value is -2.62. The van der Waals surface area contributed by atoms with Crippen molar-refractivity contribution in [2.24, 2.45) is 0 Å². The zero-order chi connectivity index (χ0) is 30.9. The topological polar surface area (TPSA) is 66.4 Å². The minimum atomic E-state index is -2.15. The molecule has 0 aliphatic carbocycles. The third kappa shape index (κ3) is 8.96. The van der Waals surface area contributed by atoms with Gasteiger partial charge in [0, 0.05) is 6.42 Å². The van der Waals surface area contributed by atoms with E-state index in [4.69, 9.17) is 23.4 Å². The molecule has 7 heteroatoms. The van der Waals surface area contributed by atoms with Crippen molar-refractivity contribution in [1.82, 2.24) is 0 Å². The highest BCUT2D eigenvalue weighted by Gasteiger charge is 2.56. The van der Waals surface area contributed by atoms with E-state index in [0.717, 1.165) is 16.7 Å². The Morgan fingerprint density at radius 3 is 1.65 bits per heavy atom. The number of aliphatic hydroxyl groups is 1. The van der Waals surface area contributed by atoms with Crippen LogP contribution in [0.2, 0.25) is 18.1 Å². The molecule has 6 nitrogen and oxygen atoms in total. The van der Waals surface area contributed by atoms with Crippen molar-refractivity contribution in [2.75, 3.05) is 6.61 Å². The SMILES string of the molecule is C=CC[C@]1(O)O[C@H](CO[Si](C)(C)C(C)(C)C)[C@@H](OCc2ccccc2)[C@H](OCc2ccccc2)[C@H]1OCc1ccccc1. The van der Waals surface area contributed by atoms with Crippen LogP contribution in [0.15, 0.2) is 104 Å². The van der Waals surface area contributed by atoms with Gasteiger partial charge >= 0.3 is 0 Å². The van der Waals surface area contributed by atoms with Crippen LogP contribution >= 0.6 is 0 Å². The van der Waals surface area contributed by atoms with Crippen LogP contribution in [0, 0.1) is 0 Å². The maximum Gasteiger partial charge on any atom is 0.198 e. The van der Waals surface area contributed by atoms with Crippen molar-refractivity contribution in [3.8, 4) is 0 Å². The lowest BCUT2D eigenvalue weighted by Crippen LogP contribution is -2.67. The summed E-state index contributed by atoms with van der Waals surface area (Å²) in [6.45, 7) is 16.2. The molecule has 0 unspecified atom stereocenters. The van der Waals surface area contributed by atoms with Crippen LogP contribution in [0.3, 0.4) is 0 Å². The highest BCUT2D eigenvalue weighted by molar-refractivity contribution is 6.74. The van der Waals surface area contributed by atoms with Crippen molar-refractivity contribution in [2.45, 2.75) is 95.3 Å². The Labute approximate surface area is 258 Å². The average Bonchev–Trinajstić information content (AvgIpc) is 2.99. The lowest BCUT2D eigenvalue weighted by molar-refractivity contribution is -0.367. The van der Waals surface area contributed by atoms with Gasteiger partial charge < -0.3 is 28.5 Å². The molecule has 0 spiro atoms. The van der Waals surface area contributed by atoms with E-state index in [2.05, 4.69) is 40.4 Å². The summed E-state index contributed by atoms with van der Waals surface area (Å²) in [5.74, 6) is -1.70. The van der Waals surface area contributed by atoms with Gasteiger partial charge in [-0.1, -0.05) is 118 Å². The Morgan fingerprint density at radius 2 is 1.21 bits per heavy atom. The number of benzene rings is 3. The van der Waals surface area contributed by atoms with Crippen LogP contribution in [0.1, 0.15) is 43.9 Å². The minimum absolute atomic E-state index is 0.00399. The third-order valence-electron chi connectivity index (χ3n) is 8.48. The van der Waals surface area contributed by atoms with Crippen LogP contribution < -0.4 is 0 Å². The van der Waals surface area contributed by atoms with E-state index < -0.39 is 38.5 Å². The molecule has 0 radical (unpaired) electrons. The predicted octanol–water partition coefficient (Wildman–Crippen LogP) is 7.43. The molecule has 3 aromatic carbocycles. The molecule has 1 aliphatic rings. The van der Waals surface area contributed by atoms with Gasteiger partial charge in [0.05, 0.1) is 26.4 Å². The molecule has 4 rings (SSSR count). The molecule has 1 N–H and O–H groups in total. The highest BCUT2D eigenvalue weighted by atomic mass is 28.4. The first-order valence-electron chi connectivity index (χ1n) is 15.1. The maximum absolute atomic E-state index is 12.1. The summed E-state index contributed by atoms with van der Waals surface area (Å²) in [4.78, 5) is 0. The first-order valence-corrected chi connectivity index (χ1v) is 18.0. The third-order valence-corrected chi connectivity index (χ3v) is 13.0. The van der Waals surface area contributed by atoms with Crippen LogP contribution in [0.4, 0.5) is 0 Å². The summed E-state index contributed by atoms with van der Waals surface area (Å²) < 4.78 is 33.1. The molecule has 43 heavy (non-hydrogen) atoms. The quantitative estimate of drug-likeness (QED) is 0.153. The number of hydrogen-bond donors (Lipinski definition) is 1. The molecule has 0 bridgehead atoms. The first kappa shape index (κ1) is 33.3. The summed E-state index contributed by atoms with van der Waals surface area (Å²) in [5.41, 5.74) is 3.02. The standard InChI is InChI=1S/C36H48O6Si/c1-7-23-36(37)34(40-26-30-21-15-10-16-22-30)33(39-25-29-19-13-9-14-20-29)32(38-24-28-17-11-8-12-18-28)31(42-36)27-41-43(5,6)35(2,3)4/h7-22,31-34,37H,1,23-27H2,2-6H3/t31-,32-,33+,34-,36+/m1/s1. The van der Waals surface area contributed by atoms with Gasteiger partial charge in [-0.05, 0) is 34.8 Å². The van der Waals surface area contributed by atoms with Gasteiger partial charge in [-0.2, -0.15) is 0 Å². The van der Waals surface area contributed by atoms with Crippen LogP contribution in [0.5, 0.6) is 0 Å². The summed E-state index contributed by atoms with van der Waals surface area (Å²) in [7, 11) is -2.15. The van der Waals surface area contributed by atoms with Crippen LogP contribution in [-0.4, -0.2) is 50.2 Å². The summed E-state index contributed by atoms with van der Waals surface area (Å²) in [6, 6.07) is 29.9. The van der Waals surface area contributed by atoms with Crippen LogP contribution in [-0.2, 0) is 43.2 Å². The molecular weight excluding hydrogens is 556 g/mol. The molecule has 5 atom stereocenters. The van der Waals surface area contributed by atoms with Gasteiger partial charge in [0.2, 0.25) is 0 Å². The number of rotatable bonds is 14. The monoisotopic (exact) mass is 604 g/mol. The molecule has 1 fully saturated rings. The van der Waals surface area contributed by atoms with E-state index in [1.165, 1.54) is 0 Å². The molecule has 1 heterocycles. The smallest absolute Gasteiger partial charge is 0.198 e.